The molecule has 0 spiro atoms. The zero-order chi connectivity index (χ0) is 16.9. The minimum Gasteiger partial charge on any atom is -0.480 e. The summed E-state index contributed by atoms with van der Waals surface area (Å²) in [6.07, 6.45) is 3.78. The van der Waals surface area contributed by atoms with Crippen LogP contribution in [0, 0.1) is 0 Å². The summed E-state index contributed by atoms with van der Waals surface area (Å²) < 4.78 is 0. The molecule has 5 heteroatoms. The number of nitrogens with one attached hydrogen (secondary N) is 1. The van der Waals surface area contributed by atoms with Crippen LogP contribution in [-0.4, -0.2) is 23.0 Å². The first-order valence-electron chi connectivity index (χ1n) is 8.26. The fourth-order valence-electron chi connectivity index (χ4n) is 3.42. The first-order valence-corrected chi connectivity index (χ1v) is 9.14. The third kappa shape index (κ3) is 4.03. The Balaban J connectivity index is 1.66. The van der Waals surface area contributed by atoms with Gasteiger partial charge in [0, 0.05) is 4.88 Å². The highest BCUT2D eigenvalue weighted by atomic mass is 32.1. The molecule has 1 amide bonds. The molecule has 1 heterocycles. The molecule has 2 unspecified atom stereocenters. The number of carbonyl (C=O) groups excluding carboxylic acids is 1. The normalized spacial score (nSPS) is 17.8. The van der Waals surface area contributed by atoms with E-state index in [2.05, 4.69) is 17.4 Å². The van der Waals surface area contributed by atoms with Crippen LogP contribution < -0.4 is 5.32 Å². The molecule has 1 aliphatic carbocycles. The number of rotatable bonds is 6. The van der Waals surface area contributed by atoms with Crippen LogP contribution in [0.4, 0.5) is 0 Å². The number of aliphatic carboxylic acids is 1. The number of carboxylic acid groups (broad SMARTS) is 1. The molecule has 0 saturated carbocycles. The van der Waals surface area contributed by atoms with Crippen molar-refractivity contribution in [1.29, 1.82) is 0 Å². The van der Waals surface area contributed by atoms with Crippen molar-refractivity contribution in [3.63, 3.8) is 0 Å². The number of benzene rings is 1. The van der Waals surface area contributed by atoms with Gasteiger partial charge in [0.25, 0.3) is 0 Å². The standard InChI is InChI=1S/C19H21NO3S/c21-18(12-15-8-4-10-24-15)20-17(19(22)23)11-14-7-3-6-13-5-1-2-9-16(13)14/h1-2,4-5,8-10,14,17H,3,6-7,11-12H2,(H,20,21)(H,22,23). The number of hydrogen-bond acceptors (Lipinski definition) is 3. The van der Waals surface area contributed by atoms with E-state index in [4.69, 9.17) is 0 Å². The largest absolute Gasteiger partial charge is 0.480 e. The summed E-state index contributed by atoms with van der Waals surface area (Å²) in [7, 11) is 0. The van der Waals surface area contributed by atoms with Gasteiger partial charge in [-0.25, -0.2) is 4.79 Å². The molecule has 0 aliphatic heterocycles. The molecule has 0 bridgehead atoms. The van der Waals surface area contributed by atoms with Crippen molar-refractivity contribution in [1.82, 2.24) is 5.32 Å². The van der Waals surface area contributed by atoms with Crippen molar-refractivity contribution in [2.24, 2.45) is 0 Å². The zero-order valence-electron chi connectivity index (χ0n) is 13.4. The van der Waals surface area contributed by atoms with Crippen molar-refractivity contribution in [2.75, 3.05) is 0 Å². The lowest BCUT2D eigenvalue weighted by molar-refractivity contribution is -0.142. The van der Waals surface area contributed by atoms with Gasteiger partial charge in [0.2, 0.25) is 5.91 Å². The van der Waals surface area contributed by atoms with E-state index in [0.29, 0.717) is 6.42 Å². The van der Waals surface area contributed by atoms with Crippen molar-refractivity contribution in [3.8, 4) is 0 Å². The topological polar surface area (TPSA) is 66.4 Å². The zero-order valence-corrected chi connectivity index (χ0v) is 14.2. The van der Waals surface area contributed by atoms with E-state index in [9.17, 15) is 14.7 Å². The number of carboxylic acids is 1. The number of aryl methyl sites for hydroxylation is 1. The monoisotopic (exact) mass is 343 g/mol. The first kappa shape index (κ1) is 16.7. The number of amides is 1. The second-order valence-electron chi connectivity index (χ2n) is 6.24. The molecule has 24 heavy (non-hydrogen) atoms. The van der Waals surface area contributed by atoms with Crippen LogP contribution >= 0.6 is 11.3 Å². The molecule has 4 nitrogen and oxygen atoms in total. The Morgan fingerprint density at radius 1 is 1.25 bits per heavy atom. The molecule has 2 N–H and O–H groups in total. The Morgan fingerprint density at radius 3 is 2.83 bits per heavy atom. The maximum absolute atomic E-state index is 12.1. The van der Waals surface area contributed by atoms with Crippen molar-refractivity contribution >= 4 is 23.2 Å². The summed E-state index contributed by atoms with van der Waals surface area (Å²) in [5.74, 6) is -0.996. The van der Waals surface area contributed by atoms with Gasteiger partial charge in [0.1, 0.15) is 6.04 Å². The van der Waals surface area contributed by atoms with Gasteiger partial charge >= 0.3 is 5.97 Å². The Labute approximate surface area is 145 Å². The lowest BCUT2D eigenvalue weighted by atomic mass is 9.79. The Hall–Kier alpha value is -2.14. The highest BCUT2D eigenvalue weighted by Crippen LogP contribution is 2.34. The first-order chi connectivity index (χ1) is 11.6. The summed E-state index contributed by atoms with van der Waals surface area (Å²) >= 11 is 1.50. The van der Waals surface area contributed by atoms with Crippen LogP contribution in [-0.2, 0) is 22.4 Å². The van der Waals surface area contributed by atoms with Crippen LogP contribution in [0.3, 0.4) is 0 Å². The molecule has 1 aromatic carbocycles. The molecule has 2 aromatic rings. The fourth-order valence-corrected chi connectivity index (χ4v) is 4.13. The van der Waals surface area contributed by atoms with Gasteiger partial charge in [0.15, 0.2) is 0 Å². The van der Waals surface area contributed by atoms with Crippen LogP contribution in [0.5, 0.6) is 0 Å². The van der Waals surface area contributed by atoms with E-state index in [1.165, 1.54) is 22.5 Å². The van der Waals surface area contributed by atoms with E-state index in [1.54, 1.807) is 0 Å². The van der Waals surface area contributed by atoms with Gasteiger partial charge in [-0.05, 0) is 54.2 Å². The van der Waals surface area contributed by atoms with Gasteiger partial charge in [-0.1, -0.05) is 30.3 Å². The maximum atomic E-state index is 12.1. The number of fused-ring (bicyclic) bond motifs is 1. The van der Waals surface area contributed by atoms with E-state index < -0.39 is 12.0 Å². The smallest absolute Gasteiger partial charge is 0.326 e. The second-order valence-corrected chi connectivity index (χ2v) is 7.27. The van der Waals surface area contributed by atoms with Crippen LogP contribution in [0.2, 0.25) is 0 Å². The van der Waals surface area contributed by atoms with E-state index in [0.717, 1.165) is 24.1 Å². The highest BCUT2D eigenvalue weighted by Gasteiger charge is 2.28. The van der Waals surface area contributed by atoms with Crippen LogP contribution in [0.15, 0.2) is 41.8 Å². The van der Waals surface area contributed by atoms with Gasteiger partial charge < -0.3 is 10.4 Å². The second kappa shape index (κ2) is 7.62. The summed E-state index contributed by atoms with van der Waals surface area (Å²) in [5.41, 5.74) is 2.55. The molecule has 126 valence electrons. The lowest BCUT2D eigenvalue weighted by Crippen LogP contribution is -2.42. The Morgan fingerprint density at radius 2 is 2.08 bits per heavy atom. The van der Waals surface area contributed by atoms with Crippen molar-refractivity contribution in [3.05, 3.63) is 57.8 Å². The molecule has 0 fully saturated rings. The number of thiophene rings is 1. The highest BCUT2D eigenvalue weighted by molar-refractivity contribution is 7.10. The molecule has 0 radical (unpaired) electrons. The Bertz CT molecular complexity index is 711. The molecular weight excluding hydrogens is 322 g/mol. The minimum absolute atomic E-state index is 0.193. The van der Waals surface area contributed by atoms with Crippen molar-refractivity contribution < 1.29 is 14.7 Å². The van der Waals surface area contributed by atoms with Crippen LogP contribution in [0.1, 0.15) is 41.2 Å². The third-order valence-electron chi connectivity index (χ3n) is 4.56. The van der Waals surface area contributed by atoms with Gasteiger partial charge in [-0.3, -0.25) is 4.79 Å². The van der Waals surface area contributed by atoms with Gasteiger partial charge in [-0.15, -0.1) is 11.3 Å². The summed E-state index contributed by atoms with van der Waals surface area (Å²) in [5, 5.41) is 14.1. The molecular formula is C19H21NO3S. The fraction of sp³-hybridized carbons (Fsp3) is 0.368. The Kier molecular flexibility index (Phi) is 5.30. The molecule has 1 aromatic heterocycles. The quantitative estimate of drug-likeness (QED) is 0.845. The lowest BCUT2D eigenvalue weighted by Gasteiger charge is -2.28. The molecule has 3 rings (SSSR count). The van der Waals surface area contributed by atoms with Gasteiger partial charge in [-0.2, -0.15) is 0 Å². The summed E-state index contributed by atoms with van der Waals surface area (Å²) in [6.45, 7) is 0. The average Bonchev–Trinajstić information content (AvgIpc) is 3.07. The average molecular weight is 343 g/mol. The van der Waals surface area contributed by atoms with Gasteiger partial charge in [0.05, 0.1) is 6.42 Å². The third-order valence-corrected chi connectivity index (χ3v) is 5.44. The number of carbonyl (C=O) groups is 2. The molecule has 1 aliphatic rings. The predicted octanol–water partition coefficient (Wildman–Crippen LogP) is 3.37. The van der Waals surface area contributed by atoms with Crippen molar-refractivity contribution in [2.45, 2.75) is 44.1 Å². The maximum Gasteiger partial charge on any atom is 0.326 e. The summed E-state index contributed by atoms with van der Waals surface area (Å²) in [4.78, 5) is 24.7. The van der Waals surface area contributed by atoms with E-state index >= 15 is 0 Å². The summed E-state index contributed by atoms with van der Waals surface area (Å²) in [6, 6.07) is 11.2. The van der Waals surface area contributed by atoms with E-state index in [-0.39, 0.29) is 18.2 Å². The van der Waals surface area contributed by atoms with Crippen LogP contribution in [0.25, 0.3) is 0 Å². The predicted molar refractivity (Wildman–Crippen MR) is 94.3 cm³/mol. The minimum atomic E-state index is -0.961. The van der Waals surface area contributed by atoms with E-state index in [1.807, 2.05) is 29.6 Å². The SMILES string of the molecule is O=C(Cc1cccs1)NC(CC1CCCc2ccccc21)C(=O)O. The number of hydrogen-bond donors (Lipinski definition) is 2. The molecule has 0 saturated heterocycles. The molecule has 2 atom stereocenters.